The van der Waals surface area contributed by atoms with Crippen LogP contribution in [-0.4, -0.2) is 26.2 Å². The van der Waals surface area contributed by atoms with Crippen molar-refractivity contribution < 1.29 is 13.5 Å². The fourth-order valence-corrected chi connectivity index (χ4v) is 3.41. The van der Waals surface area contributed by atoms with E-state index >= 15 is 0 Å². The fraction of sp³-hybridized carbons (Fsp3) is 0.385. The first-order valence-electron chi connectivity index (χ1n) is 5.92. The monoisotopic (exact) mass is 267 g/mol. The van der Waals surface area contributed by atoms with Crippen molar-refractivity contribution in [2.24, 2.45) is 5.92 Å². The Bertz CT molecular complexity index is 510. The summed E-state index contributed by atoms with van der Waals surface area (Å²) in [6, 6.07) is 8.88. The predicted octanol–water partition coefficient (Wildman–Crippen LogP) is 1.04. The van der Waals surface area contributed by atoms with Gasteiger partial charge in [0, 0.05) is 18.6 Å². The van der Waals surface area contributed by atoms with Crippen LogP contribution in [-0.2, 0) is 15.8 Å². The molecule has 0 bridgehead atoms. The molecule has 1 aliphatic carbocycles. The molecule has 0 amide bonds. The molecule has 0 aromatic heterocycles. The van der Waals surface area contributed by atoms with Crippen molar-refractivity contribution in [2.75, 3.05) is 6.61 Å². The lowest BCUT2D eigenvalue weighted by atomic mass is 10.1. The van der Waals surface area contributed by atoms with Crippen molar-refractivity contribution in [3.63, 3.8) is 0 Å². The van der Waals surface area contributed by atoms with Crippen LogP contribution in [0.2, 0.25) is 0 Å². The second kappa shape index (κ2) is 5.65. The van der Waals surface area contributed by atoms with Crippen LogP contribution in [0.5, 0.6) is 0 Å². The van der Waals surface area contributed by atoms with Crippen LogP contribution < -0.4 is 4.72 Å². The first-order chi connectivity index (χ1) is 8.59. The summed E-state index contributed by atoms with van der Waals surface area (Å²) in [5, 5.41) is 8.99. The van der Waals surface area contributed by atoms with E-state index in [1.165, 1.54) is 0 Å². The van der Waals surface area contributed by atoms with Gasteiger partial charge in [-0.25, -0.2) is 13.1 Å². The smallest absolute Gasteiger partial charge is 0.216 e. The number of nitrogens with one attached hydrogen (secondary N) is 1. The maximum absolute atomic E-state index is 11.9. The summed E-state index contributed by atoms with van der Waals surface area (Å²) in [7, 11) is -3.33. The van der Waals surface area contributed by atoms with Gasteiger partial charge in [0.1, 0.15) is 0 Å². The minimum absolute atomic E-state index is 0.0119. The summed E-state index contributed by atoms with van der Waals surface area (Å²) in [5.41, 5.74) is 0.769. The molecule has 0 aliphatic heterocycles. The van der Waals surface area contributed by atoms with Crippen molar-refractivity contribution in [1.29, 1.82) is 0 Å². The Kier molecular flexibility index (Phi) is 4.16. The molecule has 2 N–H and O–H groups in total. The number of aliphatic hydroxyl groups excluding tert-OH is 1. The Morgan fingerprint density at radius 3 is 2.56 bits per heavy atom. The maximum atomic E-state index is 11.9. The highest BCUT2D eigenvalue weighted by molar-refractivity contribution is 7.88. The van der Waals surface area contributed by atoms with Crippen LogP contribution >= 0.6 is 0 Å². The van der Waals surface area contributed by atoms with Gasteiger partial charge in [-0.15, -0.1) is 0 Å². The lowest BCUT2D eigenvalue weighted by Crippen LogP contribution is -2.33. The van der Waals surface area contributed by atoms with Crippen molar-refractivity contribution in [1.82, 2.24) is 4.72 Å². The highest BCUT2D eigenvalue weighted by Crippen LogP contribution is 2.18. The zero-order valence-corrected chi connectivity index (χ0v) is 10.8. The molecular weight excluding hydrogens is 250 g/mol. The van der Waals surface area contributed by atoms with Crippen LogP contribution in [0.25, 0.3) is 0 Å². The summed E-state index contributed by atoms with van der Waals surface area (Å²) in [5.74, 6) is 0.0523. The highest BCUT2D eigenvalue weighted by atomic mass is 32.2. The summed E-state index contributed by atoms with van der Waals surface area (Å²) in [6.07, 6.45) is 4.30. The number of sulfonamides is 1. The predicted molar refractivity (Wildman–Crippen MR) is 70.3 cm³/mol. The molecule has 18 heavy (non-hydrogen) atoms. The summed E-state index contributed by atoms with van der Waals surface area (Å²) >= 11 is 0. The van der Waals surface area contributed by atoms with Crippen LogP contribution in [0.1, 0.15) is 12.0 Å². The molecule has 0 unspecified atom stereocenters. The van der Waals surface area contributed by atoms with E-state index < -0.39 is 10.0 Å². The van der Waals surface area contributed by atoms with Crippen LogP contribution in [0.15, 0.2) is 42.5 Å². The second-order valence-corrected chi connectivity index (χ2v) is 6.29. The number of hydrogen-bond donors (Lipinski definition) is 2. The molecule has 5 heteroatoms. The molecule has 2 rings (SSSR count). The number of aliphatic hydroxyl groups is 1. The summed E-state index contributed by atoms with van der Waals surface area (Å²) in [6.45, 7) is 0.0629. The van der Waals surface area contributed by atoms with E-state index in [1.54, 1.807) is 12.1 Å². The topological polar surface area (TPSA) is 66.4 Å². The van der Waals surface area contributed by atoms with E-state index in [2.05, 4.69) is 4.72 Å². The van der Waals surface area contributed by atoms with Crippen molar-refractivity contribution in [3.8, 4) is 0 Å². The Hall–Kier alpha value is -1.17. The quantitative estimate of drug-likeness (QED) is 0.783. The van der Waals surface area contributed by atoms with Gasteiger partial charge in [0.15, 0.2) is 0 Å². The SMILES string of the molecule is O=S(=O)(Cc1ccccc1)N[C@@H]1C=C[C@H](CO)C1. The molecule has 0 saturated heterocycles. The van der Waals surface area contributed by atoms with Crippen molar-refractivity contribution in [2.45, 2.75) is 18.2 Å². The first kappa shape index (κ1) is 13.3. The Morgan fingerprint density at radius 2 is 1.94 bits per heavy atom. The van der Waals surface area contributed by atoms with Gasteiger partial charge in [0.25, 0.3) is 0 Å². The van der Waals surface area contributed by atoms with Gasteiger partial charge >= 0.3 is 0 Å². The van der Waals surface area contributed by atoms with Gasteiger partial charge in [-0.2, -0.15) is 0 Å². The van der Waals surface area contributed by atoms with Gasteiger partial charge in [-0.3, -0.25) is 0 Å². The highest BCUT2D eigenvalue weighted by Gasteiger charge is 2.22. The Morgan fingerprint density at radius 1 is 1.22 bits per heavy atom. The molecule has 4 nitrogen and oxygen atoms in total. The third-order valence-electron chi connectivity index (χ3n) is 2.94. The third-order valence-corrected chi connectivity index (χ3v) is 4.31. The molecule has 0 saturated carbocycles. The zero-order chi connectivity index (χ0) is 13.0. The molecule has 1 aromatic rings. The summed E-state index contributed by atoms with van der Waals surface area (Å²) < 4.78 is 26.5. The van der Waals surface area contributed by atoms with Crippen LogP contribution in [0, 0.1) is 5.92 Å². The molecule has 0 radical (unpaired) electrons. The van der Waals surface area contributed by atoms with Gasteiger partial charge in [-0.05, 0) is 12.0 Å². The second-order valence-electron chi connectivity index (χ2n) is 4.53. The third kappa shape index (κ3) is 3.66. The van der Waals surface area contributed by atoms with Crippen molar-refractivity contribution in [3.05, 3.63) is 48.0 Å². The molecule has 1 aliphatic rings. The molecule has 98 valence electrons. The van der Waals surface area contributed by atoms with Crippen molar-refractivity contribution >= 4 is 10.0 Å². The minimum Gasteiger partial charge on any atom is -0.396 e. The average molecular weight is 267 g/mol. The molecule has 0 fully saturated rings. The van der Waals surface area contributed by atoms with Crippen LogP contribution in [0.3, 0.4) is 0 Å². The molecule has 0 spiro atoms. The number of hydrogen-bond acceptors (Lipinski definition) is 3. The van der Waals surface area contributed by atoms with Gasteiger partial charge in [0.2, 0.25) is 10.0 Å². The average Bonchev–Trinajstić information content (AvgIpc) is 2.76. The van der Waals surface area contributed by atoms with E-state index in [-0.39, 0.29) is 24.3 Å². The molecule has 1 aromatic carbocycles. The minimum atomic E-state index is -3.33. The largest absolute Gasteiger partial charge is 0.396 e. The molecule has 0 heterocycles. The standard InChI is InChI=1S/C13H17NO3S/c15-9-12-6-7-13(8-12)14-18(16,17)10-11-4-2-1-3-5-11/h1-7,12-15H,8-10H2/t12-,13+/m0/s1. The Balaban J connectivity index is 1.95. The number of rotatable bonds is 5. The lowest BCUT2D eigenvalue weighted by Gasteiger charge is -2.13. The van der Waals surface area contributed by atoms with E-state index in [0.717, 1.165) is 5.56 Å². The first-order valence-corrected chi connectivity index (χ1v) is 7.57. The maximum Gasteiger partial charge on any atom is 0.216 e. The fourth-order valence-electron chi connectivity index (χ4n) is 2.06. The zero-order valence-electron chi connectivity index (χ0n) is 9.99. The van der Waals surface area contributed by atoms with Gasteiger partial charge < -0.3 is 5.11 Å². The molecule has 2 atom stereocenters. The lowest BCUT2D eigenvalue weighted by molar-refractivity contribution is 0.248. The van der Waals surface area contributed by atoms with Crippen LogP contribution in [0.4, 0.5) is 0 Å². The van der Waals surface area contributed by atoms with E-state index in [1.807, 2.05) is 30.4 Å². The number of benzene rings is 1. The van der Waals surface area contributed by atoms with E-state index in [9.17, 15) is 8.42 Å². The Labute approximate surface area is 107 Å². The van der Waals surface area contributed by atoms with E-state index in [0.29, 0.717) is 6.42 Å². The van der Waals surface area contributed by atoms with Gasteiger partial charge in [0.05, 0.1) is 5.75 Å². The molecular formula is C13H17NO3S. The van der Waals surface area contributed by atoms with Gasteiger partial charge in [-0.1, -0.05) is 42.5 Å². The normalized spacial score (nSPS) is 23.4. The van der Waals surface area contributed by atoms with E-state index in [4.69, 9.17) is 5.11 Å². The summed E-state index contributed by atoms with van der Waals surface area (Å²) in [4.78, 5) is 0.